The molecule has 0 fully saturated rings. The van der Waals surface area contributed by atoms with Gasteiger partial charge in [-0.2, -0.15) is 5.10 Å². The van der Waals surface area contributed by atoms with Crippen LogP contribution in [0.2, 0.25) is 0 Å². The number of hydrogen-bond donors (Lipinski definition) is 1. The highest BCUT2D eigenvalue weighted by Crippen LogP contribution is 2.33. The number of carbonyl (C=O) groups is 1. The van der Waals surface area contributed by atoms with Crippen molar-refractivity contribution >= 4 is 17.8 Å². The van der Waals surface area contributed by atoms with E-state index in [1.807, 2.05) is 19.1 Å². The van der Waals surface area contributed by atoms with E-state index in [1.54, 1.807) is 12.1 Å². The molecule has 0 radical (unpaired) electrons. The Hall–Kier alpha value is -3.62. The number of benzene rings is 2. The predicted octanol–water partition coefficient (Wildman–Crippen LogP) is 1.51. The zero-order valence-corrected chi connectivity index (χ0v) is 14.1. The van der Waals surface area contributed by atoms with Crippen LogP contribution in [-0.4, -0.2) is 30.8 Å². The maximum Gasteiger partial charge on any atom is 0.277 e. The Morgan fingerprint density at radius 1 is 1.31 bits per heavy atom. The van der Waals surface area contributed by atoms with Gasteiger partial charge in [0, 0.05) is 17.4 Å². The van der Waals surface area contributed by atoms with Crippen molar-refractivity contribution in [3.8, 4) is 17.2 Å². The molecule has 0 aliphatic carbocycles. The number of rotatable bonds is 7. The first-order chi connectivity index (χ1) is 12.4. The van der Waals surface area contributed by atoms with E-state index in [1.165, 1.54) is 19.4 Å². The molecule has 0 saturated carbocycles. The lowest BCUT2D eigenvalue weighted by Gasteiger charge is -2.12. The summed E-state index contributed by atoms with van der Waals surface area (Å²) in [4.78, 5) is 21.8. The number of aryl methyl sites for hydroxylation is 1. The number of amides is 1. The summed E-state index contributed by atoms with van der Waals surface area (Å²) in [5.41, 5.74) is 2.89. The third-order valence-corrected chi connectivity index (χ3v) is 3.27. The Kier molecular flexibility index (Phi) is 6.10. The maximum atomic E-state index is 11.7. The van der Waals surface area contributed by atoms with Crippen LogP contribution in [0.3, 0.4) is 0 Å². The van der Waals surface area contributed by atoms with Crippen molar-refractivity contribution in [2.75, 3.05) is 13.7 Å². The van der Waals surface area contributed by atoms with Gasteiger partial charge in [-0.05, 0) is 25.1 Å². The molecule has 0 aliphatic rings. The van der Waals surface area contributed by atoms with Gasteiger partial charge >= 0.3 is 0 Å². The van der Waals surface area contributed by atoms with Crippen molar-refractivity contribution in [1.82, 2.24) is 5.43 Å². The van der Waals surface area contributed by atoms with Crippen molar-refractivity contribution in [1.29, 1.82) is 0 Å². The summed E-state index contributed by atoms with van der Waals surface area (Å²) in [6.45, 7) is 1.69. The number of hydrazone groups is 1. The van der Waals surface area contributed by atoms with Crippen LogP contribution in [0, 0.1) is 17.0 Å². The van der Waals surface area contributed by atoms with Crippen LogP contribution in [0.15, 0.2) is 41.5 Å². The summed E-state index contributed by atoms with van der Waals surface area (Å²) in [6, 6.07) is 9.51. The first-order valence-electron chi connectivity index (χ1n) is 7.45. The summed E-state index contributed by atoms with van der Waals surface area (Å²) in [5.74, 6) is -0.982. The number of nitrogens with one attached hydrogen (secondary N) is 1. The van der Waals surface area contributed by atoms with Crippen LogP contribution in [0.1, 0.15) is 11.1 Å². The van der Waals surface area contributed by atoms with Gasteiger partial charge in [-0.25, -0.2) is 5.43 Å². The van der Waals surface area contributed by atoms with Crippen LogP contribution in [0.4, 0.5) is 5.69 Å². The van der Waals surface area contributed by atoms with Crippen molar-refractivity contribution in [2.24, 2.45) is 5.10 Å². The van der Waals surface area contributed by atoms with Gasteiger partial charge in [-0.15, -0.1) is 0 Å². The van der Waals surface area contributed by atoms with Crippen molar-refractivity contribution in [2.45, 2.75) is 6.92 Å². The van der Waals surface area contributed by atoms with Gasteiger partial charge in [0.2, 0.25) is 0 Å². The summed E-state index contributed by atoms with van der Waals surface area (Å²) in [6.07, 6.45) is 1.17. The number of nitrogens with zero attached hydrogens (tertiary/aromatic N) is 2. The standard InChI is InChI=1S/C17H17N3O6/c1-11-3-5-13(6-4-11)26-10-16(21)19-18-9-12-7-14(20(23)24)17(22)15(8-12)25-2/h3-9,22H,10H2,1-2H3,(H,19,21)/p-1. The van der Waals surface area contributed by atoms with Crippen molar-refractivity contribution in [3.05, 3.63) is 57.6 Å². The third-order valence-electron chi connectivity index (χ3n) is 3.27. The molecule has 2 rings (SSSR count). The van der Waals surface area contributed by atoms with E-state index in [2.05, 4.69) is 10.5 Å². The van der Waals surface area contributed by atoms with E-state index in [4.69, 9.17) is 9.47 Å². The monoisotopic (exact) mass is 358 g/mol. The molecule has 26 heavy (non-hydrogen) atoms. The lowest BCUT2D eigenvalue weighted by atomic mass is 10.2. The summed E-state index contributed by atoms with van der Waals surface area (Å²) in [7, 11) is 1.23. The minimum Gasteiger partial charge on any atom is -0.865 e. The highest BCUT2D eigenvalue weighted by atomic mass is 16.6. The molecule has 1 N–H and O–H groups in total. The van der Waals surface area contributed by atoms with Crippen LogP contribution in [0.5, 0.6) is 17.2 Å². The van der Waals surface area contributed by atoms with Crippen LogP contribution >= 0.6 is 0 Å². The molecule has 0 aromatic heterocycles. The second-order valence-corrected chi connectivity index (χ2v) is 5.22. The van der Waals surface area contributed by atoms with Gasteiger partial charge in [0.15, 0.2) is 6.61 Å². The second kappa shape index (κ2) is 8.47. The fourth-order valence-electron chi connectivity index (χ4n) is 1.96. The molecule has 9 heteroatoms. The number of carbonyl (C=O) groups excluding carboxylic acids is 1. The van der Waals surface area contributed by atoms with E-state index >= 15 is 0 Å². The van der Waals surface area contributed by atoms with Gasteiger partial charge in [0.05, 0.1) is 18.2 Å². The first-order valence-corrected chi connectivity index (χ1v) is 7.45. The molecule has 0 spiro atoms. The van der Waals surface area contributed by atoms with E-state index in [0.717, 1.165) is 11.6 Å². The molecule has 9 nitrogen and oxygen atoms in total. The fourth-order valence-corrected chi connectivity index (χ4v) is 1.96. The number of ether oxygens (including phenoxy) is 2. The van der Waals surface area contributed by atoms with E-state index < -0.39 is 22.3 Å². The minimum absolute atomic E-state index is 0.185. The quantitative estimate of drug-likeness (QED) is 0.454. The first kappa shape index (κ1) is 18.7. The molecular formula is C17H16N3O6-. The smallest absolute Gasteiger partial charge is 0.277 e. The Morgan fingerprint density at radius 2 is 2.00 bits per heavy atom. The van der Waals surface area contributed by atoms with Crippen LogP contribution in [0.25, 0.3) is 0 Å². The normalized spacial score (nSPS) is 10.5. The lowest BCUT2D eigenvalue weighted by Crippen LogP contribution is -2.24. The maximum absolute atomic E-state index is 11.7. The molecule has 0 atom stereocenters. The van der Waals surface area contributed by atoms with E-state index in [0.29, 0.717) is 5.75 Å². The zero-order chi connectivity index (χ0) is 19.1. The SMILES string of the molecule is COc1cc(C=NNC(=O)COc2ccc(C)cc2)cc([N+](=O)[O-])c1[O-]. The largest absolute Gasteiger partial charge is 0.865 e. The molecule has 2 aromatic rings. The highest BCUT2D eigenvalue weighted by molar-refractivity contribution is 5.85. The number of methoxy groups -OCH3 is 1. The second-order valence-electron chi connectivity index (χ2n) is 5.22. The summed E-state index contributed by atoms with van der Waals surface area (Å²) in [5, 5.41) is 26.3. The summed E-state index contributed by atoms with van der Waals surface area (Å²) >= 11 is 0. The topological polar surface area (TPSA) is 126 Å². The van der Waals surface area contributed by atoms with Crippen molar-refractivity contribution < 1.29 is 24.3 Å². The average molecular weight is 358 g/mol. The Labute approximate surface area is 149 Å². The lowest BCUT2D eigenvalue weighted by molar-refractivity contribution is -0.398. The van der Waals surface area contributed by atoms with Gasteiger partial charge in [0.1, 0.15) is 11.5 Å². The van der Waals surface area contributed by atoms with E-state index in [-0.39, 0.29) is 17.9 Å². The Morgan fingerprint density at radius 3 is 2.62 bits per heavy atom. The Balaban J connectivity index is 1.96. The number of hydrogen-bond acceptors (Lipinski definition) is 7. The molecule has 0 heterocycles. The molecule has 2 aromatic carbocycles. The average Bonchev–Trinajstić information content (AvgIpc) is 2.62. The van der Waals surface area contributed by atoms with E-state index in [9.17, 15) is 20.0 Å². The zero-order valence-electron chi connectivity index (χ0n) is 14.1. The molecule has 136 valence electrons. The molecule has 0 aliphatic heterocycles. The van der Waals surface area contributed by atoms with Gasteiger partial charge in [-0.1, -0.05) is 17.7 Å². The predicted molar refractivity (Wildman–Crippen MR) is 91.5 cm³/mol. The molecule has 0 saturated heterocycles. The molecule has 0 bridgehead atoms. The van der Waals surface area contributed by atoms with Crippen LogP contribution in [-0.2, 0) is 4.79 Å². The highest BCUT2D eigenvalue weighted by Gasteiger charge is 2.12. The van der Waals surface area contributed by atoms with Gasteiger partial charge in [-0.3, -0.25) is 14.9 Å². The fraction of sp³-hybridized carbons (Fsp3) is 0.176. The molecule has 1 amide bonds. The molecule has 0 unspecified atom stereocenters. The Bertz CT molecular complexity index is 833. The third kappa shape index (κ3) is 4.94. The molecular weight excluding hydrogens is 342 g/mol. The van der Waals surface area contributed by atoms with Crippen molar-refractivity contribution in [3.63, 3.8) is 0 Å². The summed E-state index contributed by atoms with van der Waals surface area (Å²) < 4.78 is 10.1. The van der Waals surface area contributed by atoms with Crippen LogP contribution < -0.4 is 20.0 Å². The number of nitro benzene ring substituents is 1. The number of nitro groups is 1. The van der Waals surface area contributed by atoms with Gasteiger partial charge < -0.3 is 14.6 Å². The minimum atomic E-state index is -0.829. The van der Waals surface area contributed by atoms with Gasteiger partial charge in [0.25, 0.3) is 11.6 Å².